The number of aromatic nitrogens is 2. The maximum absolute atomic E-state index is 5.66. The normalized spacial score (nSPS) is 10.8. The summed E-state index contributed by atoms with van der Waals surface area (Å²) in [5.41, 5.74) is 10.1. The summed E-state index contributed by atoms with van der Waals surface area (Å²) < 4.78 is 3.11. The first-order chi connectivity index (χ1) is 7.61. The molecule has 84 valence electrons. The second-order valence-corrected chi connectivity index (χ2v) is 4.72. The lowest BCUT2D eigenvalue weighted by molar-refractivity contribution is 0.983. The van der Waals surface area contributed by atoms with Crippen molar-refractivity contribution in [2.45, 2.75) is 20.4 Å². The van der Waals surface area contributed by atoms with Gasteiger partial charge in [-0.25, -0.2) is 4.98 Å². The molecular weight excluding hydrogens is 266 g/mol. The van der Waals surface area contributed by atoms with Gasteiger partial charge in [0.1, 0.15) is 0 Å². The van der Waals surface area contributed by atoms with Gasteiger partial charge in [-0.1, -0.05) is 15.9 Å². The van der Waals surface area contributed by atoms with Crippen LogP contribution in [0.2, 0.25) is 0 Å². The van der Waals surface area contributed by atoms with E-state index in [9.17, 15) is 0 Å². The third-order valence-corrected chi connectivity index (χ3v) is 3.17. The van der Waals surface area contributed by atoms with Gasteiger partial charge >= 0.3 is 0 Å². The minimum atomic E-state index is 0.541. The van der Waals surface area contributed by atoms with Crippen LogP contribution in [0.1, 0.15) is 17.0 Å². The molecule has 0 saturated heterocycles. The van der Waals surface area contributed by atoms with Crippen molar-refractivity contribution in [2.24, 2.45) is 5.73 Å². The third kappa shape index (κ3) is 2.03. The fraction of sp³-hybridized carbons (Fsp3) is 0.250. The van der Waals surface area contributed by atoms with Crippen molar-refractivity contribution in [3.05, 3.63) is 46.0 Å². The van der Waals surface area contributed by atoms with Crippen molar-refractivity contribution < 1.29 is 0 Å². The van der Waals surface area contributed by atoms with Crippen molar-refractivity contribution in [3.8, 4) is 5.69 Å². The fourth-order valence-corrected chi connectivity index (χ4v) is 2.18. The highest BCUT2D eigenvalue weighted by molar-refractivity contribution is 9.10. The summed E-state index contributed by atoms with van der Waals surface area (Å²) in [6.07, 6.45) is 1.84. The summed E-state index contributed by atoms with van der Waals surface area (Å²) >= 11 is 3.49. The smallest absolute Gasteiger partial charge is 0.0997 e. The van der Waals surface area contributed by atoms with Crippen LogP contribution in [0.25, 0.3) is 5.69 Å². The Morgan fingerprint density at radius 3 is 2.62 bits per heavy atom. The Kier molecular flexibility index (Phi) is 3.12. The third-order valence-electron chi connectivity index (χ3n) is 2.71. The molecule has 0 bridgehead atoms. The van der Waals surface area contributed by atoms with Gasteiger partial charge < -0.3 is 10.3 Å². The number of aryl methyl sites for hydroxylation is 1. The summed E-state index contributed by atoms with van der Waals surface area (Å²) in [4.78, 5) is 4.29. The van der Waals surface area contributed by atoms with E-state index in [2.05, 4.69) is 44.5 Å². The Morgan fingerprint density at radius 1 is 1.31 bits per heavy atom. The largest absolute Gasteiger partial charge is 0.326 e. The van der Waals surface area contributed by atoms with Gasteiger partial charge in [0.05, 0.1) is 12.0 Å². The molecule has 1 aromatic heterocycles. The lowest BCUT2D eigenvalue weighted by Crippen LogP contribution is -2.00. The summed E-state index contributed by atoms with van der Waals surface area (Å²) in [7, 11) is 0. The Balaban J connectivity index is 2.55. The molecule has 0 saturated carbocycles. The topological polar surface area (TPSA) is 43.8 Å². The number of hydrogen-bond acceptors (Lipinski definition) is 2. The zero-order valence-corrected chi connectivity index (χ0v) is 11.0. The van der Waals surface area contributed by atoms with Crippen molar-refractivity contribution in [1.82, 2.24) is 9.55 Å². The summed E-state index contributed by atoms with van der Waals surface area (Å²) in [5, 5.41) is 0. The van der Waals surface area contributed by atoms with Crippen molar-refractivity contribution in [3.63, 3.8) is 0 Å². The Labute approximate surface area is 103 Å². The van der Waals surface area contributed by atoms with Crippen LogP contribution in [-0.2, 0) is 6.54 Å². The standard InChI is InChI=1S/C12H14BrN3/c1-8-9(2)16(7-15-8)12-4-10(6-14)3-11(13)5-12/h3-5,7H,6,14H2,1-2H3. The van der Waals surface area contributed by atoms with Gasteiger partial charge in [0.15, 0.2) is 0 Å². The van der Waals surface area contributed by atoms with Gasteiger partial charge in [0, 0.05) is 22.4 Å². The first kappa shape index (κ1) is 11.4. The van der Waals surface area contributed by atoms with Gasteiger partial charge in [-0.15, -0.1) is 0 Å². The first-order valence-electron chi connectivity index (χ1n) is 5.12. The molecule has 0 aliphatic heterocycles. The molecule has 1 heterocycles. The number of nitrogens with zero attached hydrogens (tertiary/aromatic N) is 2. The molecule has 3 nitrogen and oxygen atoms in total. The molecular formula is C12H14BrN3. The van der Waals surface area contributed by atoms with Crippen LogP contribution in [0, 0.1) is 13.8 Å². The predicted molar refractivity (Wildman–Crippen MR) is 68.6 cm³/mol. The molecule has 0 amide bonds. The minimum absolute atomic E-state index is 0.541. The molecule has 0 spiro atoms. The number of halogens is 1. The zero-order valence-electron chi connectivity index (χ0n) is 9.37. The lowest BCUT2D eigenvalue weighted by atomic mass is 10.2. The van der Waals surface area contributed by atoms with Crippen LogP contribution < -0.4 is 5.73 Å². The molecule has 0 aliphatic rings. The van der Waals surface area contributed by atoms with E-state index in [-0.39, 0.29) is 0 Å². The van der Waals surface area contributed by atoms with Crippen LogP contribution in [0.15, 0.2) is 29.0 Å². The van der Waals surface area contributed by atoms with Crippen LogP contribution in [0.3, 0.4) is 0 Å². The van der Waals surface area contributed by atoms with Gasteiger partial charge in [0.2, 0.25) is 0 Å². The number of rotatable bonds is 2. The molecule has 4 heteroatoms. The van der Waals surface area contributed by atoms with E-state index in [1.54, 1.807) is 0 Å². The molecule has 0 aliphatic carbocycles. The molecule has 0 radical (unpaired) electrons. The van der Waals surface area contributed by atoms with E-state index in [1.165, 1.54) is 0 Å². The van der Waals surface area contributed by atoms with E-state index in [0.717, 1.165) is 27.1 Å². The number of imidazole rings is 1. The lowest BCUT2D eigenvalue weighted by Gasteiger charge is -2.08. The Hall–Kier alpha value is -1.13. The minimum Gasteiger partial charge on any atom is -0.326 e. The molecule has 1 aromatic carbocycles. The average molecular weight is 280 g/mol. The highest BCUT2D eigenvalue weighted by Crippen LogP contribution is 2.20. The van der Waals surface area contributed by atoms with E-state index in [4.69, 9.17) is 5.73 Å². The first-order valence-corrected chi connectivity index (χ1v) is 5.91. The molecule has 2 rings (SSSR count). The molecule has 2 aromatic rings. The SMILES string of the molecule is Cc1ncn(-c2cc(Br)cc(CN)c2)c1C. The van der Waals surface area contributed by atoms with Crippen molar-refractivity contribution >= 4 is 15.9 Å². The zero-order chi connectivity index (χ0) is 11.7. The second kappa shape index (κ2) is 4.39. The predicted octanol–water partition coefficient (Wildman–Crippen LogP) is 2.71. The maximum Gasteiger partial charge on any atom is 0.0997 e. The van der Waals surface area contributed by atoms with Gasteiger partial charge in [-0.3, -0.25) is 0 Å². The van der Waals surface area contributed by atoms with Crippen LogP contribution in [0.5, 0.6) is 0 Å². The summed E-state index contributed by atoms with van der Waals surface area (Å²) in [6, 6.07) is 6.18. The Bertz CT molecular complexity index is 517. The monoisotopic (exact) mass is 279 g/mol. The fourth-order valence-electron chi connectivity index (χ4n) is 1.65. The van der Waals surface area contributed by atoms with Gasteiger partial charge in [0.25, 0.3) is 0 Å². The molecule has 0 atom stereocenters. The summed E-state index contributed by atoms with van der Waals surface area (Å²) in [5.74, 6) is 0. The number of benzene rings is 1. The maximum atomic E-state index is 5.66. The van der Waals surface area contributed by atoms with Crippen molar-refractivity contribution in [2.75, 3.05) is 0 Å². The van der Waals surface area contributed by atoms with Crippen molar-refractivity contribution in [1.29, 1.82) is 0 Å². The van der Waals surface area contributed by atoms with E-state index >= 15 is 0 Å². The van der Waals surface area contributed by atoms with E-state index < -0.39 is 0 Å². The molecule has 2 N–H and O–H groups in total. The summed E-state index contributed by atoms with van der Waals surface area (Å²) in [6.45, 7) is 4.61. The van der Waals surface area contributed by atoms with E-state index in [0.29, 0.717) is 6.54 Å². The Morgan fingerprint density at radius 2 is 2.06 bits per heavy atom. The number of nitrogens with two attached hydrogens (primary N) is 1. The van der Waals surface area contributed by atoms with Gasteiger partial charge in [-0.2, -0.15) is 0 Å². The van der Waals surface area contributed by atoms with Crippen LogP contribution in [-0.4, -0.2) is 9.55 Å². The second-order valence-electron chi connectivity index (χ2n) is 3.81. The van der Waals surface area contributed by atoms with Crippen LogP contribution >= 0.6 is 15.9 Å². The highest BCUT2D eigenvalue weighted by Gasteiger charge is 2.05. The van der Waals surface area contributed by atoms with Crippen LogP contribution in [0.4, 0.5) is 0 Å². The molecule has 0 fully saturated rings. The number of hydrogen-bond donors (Lipinski definition) is 1. The molecule has 0 unspecified atom stereocenters. The van der Waals surface area contributed by atoms with Gasteiger partial charge in [-0.05, 0) is 37.6 Å². The quantitative estimate of drug-likeness (QED) is 0.919. The van der Waals surface area contributed by atoms with E-state index in [1.807, 2.05) is 19.3 Å². The molecule has 16 heavy (non-hydrogen) atoms. The average Bonchev–Trinajstić information content (AvgIpc) is 2.59. The highest BCUT2D eigenvalue weighted by atomic mass is 79.9.